The van der Waals surface area contributed by atoms with Crippen LogP contribution in [-0.2, 0) is 4.79 Å². The highest BCUT2D eigenvalue weighted by atomic mass is 16.5. The van der Waals surface area contributed by atoms with E-state index in [2.05, 4.69) is 19.2 Å². The third kappa shape index (κ3) is 5.76. The molecule has 118 valence electrons. The number of nitrogens with two attached hydrogens (primary N) is 1. The highest BCUT2D eigenvalue weighted by Crippen LogP contribution is 2.24. The third-order valence-electron chi connectivity index (χ3n) is 3.60. The first-order chi connectivity index (χ1) is 9.97. The Kier molecular flexibility index (Phi) is 7.23. The van der Waals surface area contributed by atoms with Crippen LogP contribution in [0.1, 0.15) is 45.2 Å². The Morgan fingerprint density at radius 1 is 1.29 bits per heavy atom. The van der Waals surface area contributed by atoms with Crippen LogP contribution < -0.4 is 15.8 Å². The molecule has 0 bridgehead atoms. The lowest BCUT2D eigenvalue weighted by Crippen LogP contribution is -2.31. The molecule has 0 fully saturated rings. The number of amides is 1. The summed E-state index contributed by atoms with van der Waals surface area (Å²) < 4.78 is 5.33. The minimum absolute atomic E-state index is 0.0458. The topological polar surface area (TPSA) is 64.3 Å². The van der Waals surface area contributed by atoms with Crippen LogP contribution in [0.5, 0.6) is 5.75 Å². The number of hydrogen-bond donors (Lipinski definition) is 2. The van der Waals surface area contributed by atoms with Crippen LogP contribution in [0.2, 0.25) is 0 Å². The van der Waals surface area contributed by atoms with Gasteiger partial charge in [-0.05, 0) is 37.8 Å². The number of carbonyl (C=O) groups excluding carboxylic acids is 1. The normalized spacial score (nSPS) is 13.8. The summed E-state index contributed by atoms with van der Waals surface area (Å²) in [6.45, 7) is 6.82. The van der Waals surface area contributed by atoms with Gasteiger partial charge < -0.3 is 15.8 Å². The van der Waals surface area contributed by atoms with Crippen molar-refractivity contribution < 1.29 is 9.53 Å². The van der Waals surface area contributed by atoms with Crippen molar-refractivity contribution in [2.75, 3.05) is 13.7 Å². The van der Waals surface area contributed by atoms with Crippen LogP contribution in [0.3, 0.4) is 0 Å². The van der Waals surface area contributed by atoms with Crippen molar-refractivity contribution in [3.63, 3.8) is 0 Å². The van der Waals surface area contributed by atoms with Crippen LogP contribution in [0.15, 0.2) is 24.3 Å². The summed E-state index contributed by atoms with van der Waals surface area (Å²) in [5, 5.41) is 3.03. The Balaban J connectivity index is 2.61. The summed E-state index contributed by atoms with van der Waals surface area (Å²) in [7, 11) is 1.64. The molecule has 0 heterocycles. The molecule has 1 aromatic rings. The second-order valence-electron chi connectivity index (χ2n) is 5.97. The SMILES string of the molecule is COc1ccccc1[C@@H](C)NC(=O)C[C@@H](CN)CC(C)C. The molecule has 1 rings (SSSR count). The van der Waals surface area contributed by atoms with Crippen LogP contribution in [0, 0.1) is 11.8 Å². The first-order valence-electron chi connectivity index (χ1n) is 7.60. The maximum Gasteiger partial charge on any atom is 0.220 e. The maximum absolute atomic E-state index is 12.2. The number of carbonyl (C=O) groups is 1. The van der Waals surface area contributed by atoms with Gasteiger partial charge in [-0.2, -0.15) is 0 Å². The zero-order chi connectivity index (χ0) is 15.8. The summed E-state index contributed by atoms with van der Waals surface area (Å²) in [5.74, 6) is 1.64. The van der Waals surface area contributed by atoms with Crippen LogP contribution in [0.25, 0.3) is 0 Å². The number of para-hydroxylation sites is 1. The molecule has 2 atom stereocenters. The molecule has 0 spiro atoms. The van der Waals surface area contributed by atoms with Crippen LogP contribution in [-0.4, -0.2) is 19.6 Å². The molecule has 0 unspecified atom stereocenters. The summed E-state index contributed by atoms with van der Waals surface area (Å²) >= 11 is 0. The molecular formula is C17H28N2O2. The minimum Gasteiger partial charge on any atom is -0.496 e. The fourth-order valence-electron chi connectivity index (χ4n) is 2.59. The first-order valence-corrected chi connectivity index (χ1v) is 7.60. The Morgan fingerprint density at radius 3 is 2.52 bits per heavy atom. The largest absolute Gasteiger partial charge is 0.496 e. The average molecular weight is 292 g/mol. The van der Waals surface area contributed by atoms with Gasteiger partial charge >= 0.3 is 0 Å². The second kappa shape index (κ2) is 8.67. The van der Waals surface area contributed by atoms with Crippen molar-refractivity contribution in [1.82, 2.24) is 5.32 Å². The predicted molar refractivity (Wildman–Crippen MR) is 86.2 cm³/mol. The van der Waals surface area contributed by atoms with E-state index in [0.717, 1.165) is 17.7 Å². The Hall–Kier alpha value is -1.55. The molecule has 0 aliphatic carbocycles. The highest BCUT2D eigenvalue weighted by molar-refractivity contribution is 5.76. The van der Waals surface area contributed by atoms with Crippen molar-refractivity contribution in [2.24, 2.45) is 17.6 Å². The molecule has 0 aliphatic heterocycles. The number of hydrogen-bond acceptors (Lipinski definition) is 3. The Bertz CT molecular complexity index is 446. The fourth-order valence-corrected chi connectivity index (χ4v) is 2.59. The van der Waals surface area contributed by atoms with Crippen molar-refractivity contribution in [2.45, 2.75) is 39.7 Å². The molecule has 4 heteroatoms. The van der Waals surface area contributed by atoms with Gasteiger partial charge in [0.2, 0.25) is 5.91 Å². The fraction of sp³-hybridized carbons (Fsp3) is 0.588. The molecule has 0 radical (unpaired) electrons. The molecule has 3 N–H and O–H groups in total. The number of nitrogens with one attached hydrogen (secondary N) is 1. The Labute approximate surface area is 128 Å². The molecule has 1 aromatic carbocycles. The molecule has 1 amide bonds. The summed E-state index contributed by atoms with van der Waals surface area (Å²) in [4.78, 5) is 12.2. The molecule has 0 saturated heterocycles. The van der Waals surface area contributed by atoms with E-state index in [4.69, 9.17) is 10.5 Å². The molecule has 21 heavy (non-hydrogen) atoms. The van der Waals surface area contributed by atoms with Crippen LogP contribution in [0.4, 0.5) is 0 Å². The van der Waals surface area contributed by atoms with Crippen molar-refractivity contribution in [3.05, 3.63) is 29.8 Å². The average Bonchev–Trinajstić information content (AvgIpc) is 2.45. The van der Waals surface area contributed by atoms with Gasteiger partial charge in [0.15, 0.2) is 0 Å². The number of rotatable bonds is 8. The van der Waals surface area contributed by atoms with Gasteiger partial charge in [0.05, 0.1) is 13.2 Å². The van der Waals surface area contributed by atoms with E-state index >= 15 is 0 Å². The summed E-state index contributed by atoms with van der Waals surface area (Å²) in [6.07, 6.45) is 1.46. The second-order valence-corrected chi connectivity index (χ2v) is 5.97. The van der Waals surface area contributed by atoms with Crippen molar-refractivity contribution in [1.29, 1.82) is 0 Å². The van der Waals surface area contributed by atoms with Gasteiger partial charge in [-0.3, -0.25) is 4.79 Å². The number of ether oxygens (including phenoxy) is 1. The summed E-state index contributed by atoms with van der Waals surface area (Å²) in [6, 6.07) is 7.66. The van der Waals surface area contributed by atoms with Crippen molar-refractivity contribution in [3.8, 4) is 5.75 Å². The van der Waals surface area contributed by atoms with Gasteiger partial charge in [0, 0.05) is 12.0 Å². The molecule has 0 aliphatic rings. The zero-order valence-corrected chi connectivity index (χ0v) is 13.6. The Morgan fingerprint density at radius 2 is 1.95 bits per heavy atom. The number of benzene rings is 1. The van der Waals surface area contributed by atoms with E-state index in [-0.39, 0.29) is 17.9 Å². The number of methoxy groups -OCH3 is 1. The van der Waals surface area contributed by atoms with Gasteiger partial charge in [-0.1, -0.05) is 32.0 Å². The maximum atomic E-state index is 12.2. The molecule has 4 nitrogen and oxygen atoms in total. The van der Waals surface area contributed by atoms with E-state index < -0.39 is 0 Å². The summed E-state index contributed by atoms with van der Waals surface area (Å²) in [5.41, 5.74) is 6.74. The predicted octanol–water partition coefficient (Wildman–Crippen LogP) is 2.88. The van der Waals surface area contributed by atoms with Gasteiger partial charge in [-0.25, -0.2) is 0 Å². The van der Waals surface area contributed by atoms with Gasteiger partial charge in [0.25, 0.3) is 0 Å². The van der Waals surface area contributed by atoms with Gasteiger partial charge in [0.1, 0.15) is 5.75 Å². The molecular weight excluding hydrogens is 264 g/mol. The molecule has 0 aromatic heterocycles. The quantitative estimate of drug-likeness (QED) is 0.774. The van der Waals surface area contributed by atoms with E-state index in [1.807, 2.05) is 31.2 Å². The lowest BCUT2D eigenvalue weighted by molar-refractivity contribution is -0.122. The van der Waals surface area contributed by atoms with E-state index in [1.165, 1.54) is 0 Å². The third-order valence-corrected chi connectivity index (χ3v) is 3.60. The monoisotopic (exact) mass is 292 g/mol. The van der Waals surface area contributed by atoms with Crippen molar-refractivity contribution >= 4 is 5.91 Å². The lowest BCUT2D eigenvalue weighted by atomic mass is 9.94. The first kappa shape index (κ1) is 17.5. The zero-order valence-electron chi connectivity index (χ0n) is 13.6. The van der Waals surface area contributed by atoms with Crippen LogP contribution >= 0.6 is 0 Å². The van der Waals surface area contributed by atoms with E-state index in [9.17, 15) is 4.79 Å². The standard InChI is InChI=1S/C17H28N2O2/c1-12(2)9-14(11-18)10-17(20)19-13(3)15-7-5-6-8-16(15)21-4/h5-8,12-14H,9-11,18H2,1-4H3,(H,19,20)/t13-,14+/m1/s1. The molecule has 0 saturated carbocycles. The van der Waals surface area contributed by atoms with Gasteiger partial charge in [-0.15, -0.1) is 0 Å². The lowest BCUT2D eigenvalue weighted by Gasteiger charge is -2.20. The van der Waals surface area contributed by atoms with E-state index in [1.54, 1.807) is 7.11 Å². The highest BCUT2D eigenvalue weighted by Gasteiger charge is 2.17. The van der Waals surface area contributed by atoms with E-state index in [0.29, 0.717) is 18.9 Å². The smallest absolute Gasteiger partial charge is 0.220 e. The minimum atomic E-state index is -0.0777.